The van der Waals surface area contributed by atoms with E-state index in [1.807, 2.05) is 6.08 Å². The minimum absolute atomic E-state index is 0.143. The van der Waals surface area contributed by atoms with Gasteiger partial charge in [0.2, 0.25) is 0 Å². The van der Waals surface area contributed by atoms with Gasteiger partial charge in [-0.3, -0.25) is 4.79 Å². The van der Waals surface area contributed by atoms with Crippen molar-refractivity contribution < 1.29 is 4.79 Å². The third-order valence-electron chi connectivity index (χ3n) is 2.81. The van der Waals surface area contributed by atoms with Gasteiger partial charge in [-0.05, 0) is 25.7 Å². The number of rotatable bonds is 3. The van der Waals surface area contributed by atoms with Gasteiger partial charge in [0.05, 0.1) is 0 Å². The fourth-order valence-corrected chi connectivity index (χ4v) is 2.15. The van der Waals surface area contributed by atoms with Crippen molar-refractivity contribution >= 4 is 5.78 Å². The Morgan fingerprint density at radius 2 is 1.86 bits per heavy atom. The molecular weight excluding hydrogens is 174 g/mol. The molecular formula is C12H21NO. The van der Waals surface area contributed by atoms with Gasteiger partial charge in [-0.2, -0.15) is 0 Å². The van der Waals surface area contributed by atoms with Crippen molar-refractivity contribution in [2.24, 2.45) is 5.41 Å². The Hall–Kier alpha value is -0.790. The molecule has 1 aliphatic rings. The van der Waals surface area contributed by atoms with Gasteiger partial charge in [0, 0.05) is 31.3 Å². The number of allylic oxidation sites excluding steroid dienone is 2. The summed E-state index contributed by atoms with van der Waals surface area (Å²) in [6, 6.07) is 0. The van der Waals surface area contributed by atoms with Crippen LogP contribution in [0.2, 0.25) is 0 Å². The van der Waals surface area contributed by atoms with E-state index in [1.54, 1.807) is 0 Å². The van der Waals surface area contributed by atoms with Crippen LogP contribution in [0, 0.1) is 5.41 Å². The van der Waals surface area contributed by atoms with E-state index in [9.17, 15) is 4.79 Å². The molecule has 2 heteroatoms. The topological polar surface area (TPSA) is 20.3 Å². The first-order valence-electron chi connectivity index (χ1n) is 5.47. The van der Waals surface area contributed by atoms with Crippen LogP contribution >= 0.6 is 0 Å². The lowest BCUT2D eigenvalue weighted by Gasteiger charge is -2.34. The van der Waals surface area contributed by atoms with Crippen LogP contribution in [-0.2, 0) is 4.79 Å². The zero-order valence-corrected chi connectivity index (χ0v) is 9.76. The fourth-order valence-electron chi connectivity index (χ4n) is 2.15. The third kappa shape index (κ3) is 2.60. The van der Waals surface area contributed by atoms with Crippen LogP contribution in [0.5, 0.6) is 0 Å². The first kappa shape index (κ1) is 11.3. The minimum atomic E-state index is 0.143. The summed E-state index contributed by atoms with van der Waals surface area (Å²) in [6.45, 7) is 10.6. The Morgan fingerprint density at radius 1 is 1.29 bits per heavy atom. The summed E-state index contributed by atoms with van der Waals surface area (Å²) >= 11 is 0. The van der Waals surface area contributed by atoms with Crippen molar-refractivity contribution in [1.29, 1.82) is 0 Å². The first-order chi connectivity index (χ1) is 6.48. The van der Waals surface area contributed by atoms with E-state index < -0.39 is 0 Å². The van der Waals surface area contributed by atoms with Gasteiger partial charge in [0.1, 0.15) is 0 Å². The van der Waals surface area contributed by atoms with Crippen molar-refractivity contribution in [3.05, 3.63) is 11.8 Å². The lowest BCUT2D eigenvalue weighted by molar-refractivity contribution is -0.117. The summed E-state index contributed by atoms with van der Waals surface area (Å²) in [5.74, 6) is 0.281. The van der Waals surface area contributed by atoms with E-state index in [2.05, 4.69) is 32.6 Å². The number of carbonyl (C=O) groups is 1. The molecule has 0 saturated carbocycles. The summed E-state index contributed by atoms with van der Waals surface area (Å²) in [7, 11) is 0. The SMILES string of the molecule is CCN(CC)C1=CC(=O)CC(C)(C)C1. The Balaban J connectivity index is 2.83. The lowest BCUT2D eigenvalue weighted by atomic mass is 9.78. The fraction of sp³-hybridized carbons (Fsp3) is 0.750. The maximum atomic E-state index is 11.5. The van der Waals surface area contributed by atoms with E-state index >= 15 is 0 Å². The summed E-state index contributed by atoms with van der Waals surface area (Å²) in [6.07, 6.45) is 3.55. The monoisotopic (exact) mass is 195 g/mol. The highest BCUT2D eigenvalue weighted by molar-refractivity contribution is 5.91. The molecule has 0 unspecified atom stereocenters. The molecule has 0 atom stereocenters. The zero-order valence-electron chi connectivity index (χ0n) is 9.76. The number of hydrogen-bond acceptors (Lipinski definition) is 2. The molecule has 0 aromatic carbocycles. The molecule has 0 aliphatic heterocycles. The highest BCUT2D eigenvalue weighted by Gasteiger charge is 2.28. The molecule has 0 radical (unpaired) electrons. The second-order valence-electron chi connectivity index (χ2n) is 4.79. The average Bonchev–Trinajstić information content (AvgIpc) is 2.02. The van der Waals surface area contributed by atoms with Gasteiger partial charge in [-0.15, -0.1) is 0 Å². The lowest BCUT2D eigenvalue weighted by Crippen LogP contribution is -2.31. The first-order valence-corrected chi connectivity index (χ1v) is 5.47. The van der Waals surface area contributed by atoms with E-state index in [1.165, 1.54) is 5.70 Å². The Labute approximate surface area is 87.0 Å². The largest absolute Gasteiger partial charge is 0.375 e. The molecule has 1 rings (SSSR count). The molecule has 0 amide bonds. The maximum Gasteiger partial charge on any atom is 0.157 e. The maximum absolute atomic E-state index is 11.5. The van der Waals surface area contributed by atoms with E-state index in [-0.39, 0.29) is 11.2 Å². The van der Waals surface area contributed by atoms with Gasteiger partial charge in [0.25, 0.3) is 0 Å². The normalized spacial score (nSPS) is 20.6. The molecule has 0 spiro atoms. The van der Waals surface area contributed by atoms with Gasteiger partial charge in [-0.25, -0.2) is 0 Å². The minimum Gasteiger partial charge on any atom is -0.375 e. The Bertz CT molecular complexity index is 249. The summed E-state index contributed by atoms with van der Waals surface area (Å²) in [4.78, 5) is 13.8. The van der Waals surface area contributed by atoms with Crippen molar-refractivity contribution in [3.63, 3.8) is 0 Å². The molecule has 1 aliphatic carbocycles. The van der Waals surface area contributed by atoms with Crippen molar-refractivity contribution in [2.75, 3.05) is 13.1 Å². The summed E-state index contributed by atoms with van der Waals surface area (Å²) < 4.78 is 0. The van der Waals surface area contributed by atoms with Crippen molar-refractivity contribution in [2.45, 2.75) is 40.5 Å². The molecule has 0 N–H and O–H groups in total. The van der Waals surface area contributed by atoms with Crippen LogP contribution in [0.15, 0.2) is 11.8 Å². The van der Waals surface area contributed by atoms with Gasteiger partial charge >= 0.3 is 0 Å². The van der Waals surface area contributed by atoms with Crippen LogP contribution in [-0.4, -0.2) is 23.8 Å². The average molecular weight is 195 g/mol. The number of hydrogen-bond donors (Lipinski definition) is 0. The van der Waals surface area contributed by atoms with Gasteiger partial charge in [-0.1, -0.05) is 13.8 Å². The number of ketones is 1. The smallest absolute Gasteiger partial charge is 0.157 e. The highest BCUT2D eigenvalue weighted by Crippen LogP contribution is 2.34. The summed E-state index contributed by atoms with van der Waals surface area (Å²) in [5.41, 5.74) is 1.36. The van der Waals surface area contributed by atoms with Gasteiger partial charge in [0.15, 0.2) is 5.78 Å². The second kappa shape index (κ2) is 4.16. The predicted molar refractivity (Wildman–Crippen MR) is 59.0 cm³/mol. The molecule has 0 aromatic heterocycles. The quantitative estimate of drug-likeness (QED) is 0.690. The van der Waals surface area contributed by atoms with E-state index in [0.29, 0.717) is 6.42 Å². The highest BCUT2D eigenvalue weighted by atomic mass is 16.1. The standard InChI is InChI=1S/C12H21NO/c1-5-13(6-2)10-7-11(14)9-12(3,4)8-10/h7H,5-6,8-9H2,1-4H3. The van der Waals surface area contributed by atoms with Crippen LogP contribution in [0.4, 0.5) is 0 Å². The molecule has 0 aromatic rings. The molecule has 0 fully saturated rings. The number of carbonyl (C=O) groups excluding carboxylic acids is 1. The van der Waals surface area contributed by atoms with Crippen LogP contribution < -0.4 is 0 Å². The van der Waals surface area contributed by atoms with E-state index in [4.69, 9.17) is 0 Å². The van der Waals surface area contributed by atoms with Crippen LogP contribution in [0.1, 0.15) is 40.5 Å². The molecule has 0 heterocycles. The Morgan fingerprint density at radius 3 is 2.29 bits per heavy atom. The Kier molecular flexibility index (Phi) is 3.35. The molecule has 0 saturated heterocycles. The summed E-state index contributed by atoms with van der Waals surface area (Å²) in [5, 5.41) is 0. The molecule has 2 nitrogen and oxygen atoms in total. The van der Waals surface area contributed by atoms with Crippen molar-refractivity contribution in [3.8, 4) is 0 Å². The second-order valence-corrected chi connectivity index (χ2v) is 4.79. The molecule has 14 heavy (non-hydrogen) atoms. The zero-order chi connectivity index (χ0) is 10.8. The molecule has 0 bridgehead atoms. The van der Waals surface area contributed by atoms with Crippen LogP contribution in [0.3, 0.4) is 0 Å². The van der Waals surface area contributed by atoms with Gasteiger partial charge < -0.3 is 4.90 Å². The molecule has 80 valence electrons. The van der Waals surface area contributed by atoms with E-state index in [0.717, 1.165) is 19.5 Å². The predicted octanol–water partition coefficient (Wildman–Crippen LogP) is 2.60. The van der Waals surface area contributed by atoms with Crippen molar-refractivity contribution in [1.82, 2.24) is 4.90 Å². The third-order valence-corrected chi connectivity index (χ3v) is 2.81. The number of nitrogens with zero attached hydrogens (tertiary/aromatic N) is 1. The van der Waals surface area contributed by atoms with Crippen LogP contribution in [0.25, 0.3) is 0 Å².